The van der Waals surface area contributed by atoms with Crippen LogP contribution in [0.1, 0.15) is 5.82 Å². The van der Waals surface area contributed by atoms with Crippen LogP contribution in [0.3, 0.4) is 0 Å². The maximum absolute atomic E-state index is 11.4. The summed E-state index contributed by atoms with van der Waals surface area (Å²) < 4.78 is 1.46. The highest BCUT2D eigenvalue weighted by molar-refractivity contribution is 5.52. The first-order valence-corrected chi connectivity index (χ1v) is 5.59. The van der Waals surface area contributed by atoms with Gasteiger partial charge in [0.05, 0.1) is 0 Å². The molecule has 0 unspecified atom stereocenters. The lowest BCUT2D eigenvalue weighted by Gasteiger charge is -2.39. The van der Waals surface area contributed by atoms with Crippen LogP contribution in [0.25, 0.3) is 5.65 Å². The summed E-state index contributed by atoms with van der Waals surface area (Å²) in [6, 6.07) is 1.82. The molecule has 1 fully saturated rings. The van der Waals surface area contributed by atoms with Crippen molar-refractivity contribution in [2.45, 2.75) is 6.92 Å². The third kappa shape index (κ3) is 1.50. The number of hydrogen-bond donors (Lipinski definition) is 2. The average Bonchev–Trinajstić information content (AvgIpc) is 2.59. The Bertz CT molecular complexity index is 609. The van der Waals surface area contributed by atoms with Gasteiger partial charge in [0.2, 0.25) is 0 Å². The van der Waals surface area contributed by atoms with E-state index in [9.17, 15) is 4.79 Å². The molecule has 17 heavy (non-hydrogen) atoms. The van der Waals surface area contributed by atoms with Crippen LogP contribution in [0, 0.1) is 12.8 Å². The monoisotopic (exact) mass is 234 g/mol. The molecule has 0 aliphatic carbocycles. The van der Waals surface area contributed by atoms with Gasteiger partial charge in [-0.25, -0.2) is 19.3 Å². The lowest BCUT2D eigenvalue weighted by Crippen LogP contribution is -2.50. The Balaban J connectivity index is 2.00. The van der Waals surface area contributed by atoms with E-state index < -0.39 is 0 Å². The molecule has 3 heterocycles. The van der Waals surface area contributed by atoms with Gasteiger partial charge >= 0.3 is 5.69 Å². The average molecular weight is 234 g/mol. The zero-order valence-electron chi connectivity index (χ0n) is 9.55. The zero-order chi connectivity index (χ0) is 12.0. The van der Waals surface area contributed by atoms with E-state index in [0.717, 1.165) is 18.9 Å². The second-order valence-electron chi connectivity index (χ2n) is 4.39. The van der Waals surface area contributed by atoms with Gasteiger partial charge in [-0.1, -0.05) is 0 Å². The van der Waals surface area contributed by atoms with E-state index in [0.29, 0.717) is 23.9 Å². The summed E-state index contributed by atoms with van der Waals surface area (Å²) in [6.07, 6.45) is 0. The van der Waals surface area contributed by atoms with E-state index in [1.54, 1.807) is 6.92 Å². The molecule has 0 bridgehead atoms. The molecule has 3 rings (SSSR count). The van der Waals surface area contributed by atoms with Crippen molar-refractivity contribution in [2.75, 3.05) is 24.5 Å². The van der Waals surface area contributed by atoms with Gasteiger partial charge in [0, 0.05) is 25.1 Å². The molecule has 90 valence electrons. The maximum Gasteiger partial charge on any atom is 0.349 e. The van der Waals surface area contributed by atoms with Crippen LogP contribution in [-0.4, -0.2) is 39.2 Å². The molecular weight excluding hydrogens is 220 g/mol. The Hall–Kier alpha value is -1.89. The highest BCUT2D eigenvalue weighted by Gasteiger charge is 2.27. The molecule has 0 spiro atoms. The van der Waals surface area contributed by atoms with E-state index in [1.807, 2.05) is 6.07 Å². The molecule has 3 N–H and O–H groups in total. The fourth-order valence-electron chi connectivity index (χ4n) is 2.15. The molecule has 0 radical (unpaired) electrons. The number of nitrogens with two attached hydrogens (primary N) is 1. The topological polar surface area (TPSA) is 92.3 Å². The Morgan fingerprint density at radius 3 is 3.06 bits per heavy atom. The van der Waals surface area contributed by atoms with Gasteiger partial charge in [0.1, 0.15) is 11.6 Å². The van der Waals surface area contributed by atoms with Gasteiger partial charge in [0.25, 0.3) is 0 Å². The molecule has 0 amide bonds. The molecule has 2 aromatic heterocycles. The molecule has 0 saturated carbocycles. The van der Waals surface area contributed by atoms with Gasteiger partial charge in [-0.3, -0.25) is 0 Å². The zero-order valence-corrected chi connectivity index (χ0v) is 9.55. The van der Waals surface area contributed by atoms with Crippen LogP contribution >= 0.6 is 0 Å². The Labute approximate surface area is 97.3 Å². The molecule has 7 heteroatoms. The first-order valence-electron chi connectivity index (χ1n) is 5.59. The number of fused-ring (bicyclic) bond motifs is 1. The number of rotatable bonds is 2. The van der Waals surface area contributed by atoms with Crippen molar-refractivity contribution in [3.8, 4) is 0 Å². The smallest absolute Gasteiger partial charge is 0.349 e. The van der Waals surface area contributed by atoms with Gasteiger partial charge in [0.15, 0.2) is 5.65 Å². The van der Waals surface area contributed by atoms with Crippen molar-refractivity contribution in [1.29, 1.82) is 0 Å². The highest BCUT2D eigenvalue weighted by atomic mass is 16.1. The minimum Gasteiger partial charge on any atom is -0.356 e. The molecule has 0 atom stereocenters. The third-order valence-electron chi connectivity index (χ3n) is 3.17. The van der Waals surface area contributed by atoms with E-state index in [4.69, 9.17) is 5.73 Å². The maximum atomic E-state index is 11.4. The number of nitrogens with zero attached hydrogens (tertiary/aromatic N) is 4. The molecule has 1 aliphatic heterocycles. The summed E-state index contributed by atoms with van der Waals surface area (Å²) in [5, 5.41) is 6.37. The summed E-state index contributed by atoms with van der Waals surface area (Å²) in [5.74, 6) is 2.06. The molecule has 1 aliphatic rings. The number of H-pyrrole nitrogens is 1. The van der Waals surface area contributed by atoms with Crippen LogP contribution in [0.4, 0.5) is 5.82 Å². The van der Waals surface area contributed by atoms with Crippen LogP contribution in [-0.2, 0) is 0 Å². The summed E-state index contributed by atoms with van der Waals surface area (Å²) in [6.45, 7) is 4.36. The van der Waals surface area contributed by atoms with Crippen molar-refractivity contribution in [3.63, 3.8) is 0 Å². The standard InChI is InChI=1S/C10H14N6O/c1-6-12-8(15-4-7(3-11)5-15)2-9-13-14-10(17)16(6)9/h2,7H,3-5,11H2,1H3,(H,14,17). The van der Waals surface area contributed by atoms with E-state index in [2.05, 4.69) is 20.1 Å². The van der Waals surface area contributed by atoms with Gasteiger partial charge in [-0.15, -0.1) is 0 Å². The fourth-order valence-corrected chi connectivity index (χ4v) is 2.15. The summed E-state index contributed by atoms with van der Waals surface area (Å²) in [4.78, 5) is 18.0. The van der Waals surface area contributed by atoms with Gasteiger partial charge in [-0.2, -0.15) is 5.10 Å². The molecule has 0 aromatic carbocycles. The van der Waals surface area contributed by atoms with E-state index in [-0.39, 0.29) is 5.69 Å². The Morgan fingerprint density at radius 1 is 1.59 bits per heavy atom. The lowest BCUT2D eigenvalue weighted by atomic mass is 10.0. The summed E-state index contributed by atoms with van der Waals surface area (Å²) >= 11 is 0. The van der Waals surface area contributed by atoms with Crippen LogP contribution in [0.5, 0.6) is 0 Å². The van der Waals surface area contributed by atoms with Crippen molar-refractivity contribution < 1.29 is 0 Å². The van der Waals surface area contributed by atoms with Crippen molar-refractivity contribution >= 4 is 11.5 Å². The molecule has 7 nitrogen and oxygen atoms in total. The van der Waals surface area contributed by atoms with Crippen LogP contribution < -0.4 is 16.3 Å². The Morgan fingerprint density at radius 2 is 2.35 bits per heavy atom. The largest absolute Gasteiger partial charge is 0.356 e. The predicted octanol–water partition coefficient (Wildman–Crippen LogP) is -0.879. The highest BCUT2D eigenvalue weighted by Crippen LogP contribution is 2.22. The van der Waals surface area contributed by atoms with Gasteiger partial charge in [-0.05, 0) is 13.5 Å². The second-order valence-corrected chi connectivity index (χ2v) is 4.39. The normalized spacial score (nSPS) is 16.5. The quantitative estimate of drug-likeness (QED) is 0.704. The molecule has 2 aromatic rings. The van der Waals surface area contributed by atoms with Crippen LogP contribution in [0.2, 0.25) is 0 Å². The minimum atomic E-state index is -0.250. The van der Waals surface area contributed by atoms with Crippen LogP contribution in [0.15, 0.2) is 10.9 Å². The van der Waals surface area contributed by atoms with E-state index >= 15 is 0 Å². The number of aryl methyl sites for hydroxylation is 1. The number of nitrogens with one attached hydrogen (secondary N) is 1. The second kappa shape index (κ2) is 3.56. The van der Waals surface area contributed by atoms with Crippen molar-refractivity contribution in [2.24, 2.45) is 11.7 Å². The minimum absolute atomic E-state index is 0.250. The fraction of sp³-hybridized carbons (Fsp3) is 0.500. The predicted molar refractivity (Wildman–Crippen MR) is 63.1 cm³/mol. The first kappa shape index (κ1) is 10.3. The van der Waals surface area contributed by atoms with Crippen molar-refractivity contribution in [1.82, 2.24) is 19.6 Å². The lowest BCUT2D eigenvalue weighted by molar-refractivity contribution is 0.416. The van der Waals surface area contributed by atoms with E-state index in [1.165, 1.54) is 4.40 Å². The molecule has 1 saturated heterocycles. The molecular formula is C10H14N6O. The number of hydrogen-bond acceptors (Lipinski definition) is 5. The number of aromatic amines is 1. The number of aromatic nitrogens is 4. The third-order valence-corrected chi connectivity index (χ3v) is 3.17. The number of anilines is 1. The van der Waals surface area contributed by atoms with Crippen molar-refractivity contribution in [3.05, 3.63) is 22.4 Å². The Kier molecular flexibility index (Phi) is 2.15. The summed E-state index contributed by atoms with van der Waals surface area (Å²) in [7, 11) is 0. The van der Waals surface area contributed by atoms with Gasteiger partial charge < -0.3 is 10.6 Å². The SMILES string of the molecule is Cc1nc(N2CC(CN)C2)cc2n[nH]c(=O)n12. The first-order chi connectivity index (χ1) is 8.19. The summed E-state index contributed by atoms with van der Waals surface area (Å²) in [5.41, 5.74) is 5.94.